The Balaban J connectivity index is 1.50. The van der Waals surface area contributed by atoms with Gasteiger partial charge < -0.3 is 20.1 Å². The van der Waals surface area contributed by atoms with Crippen molar-refractivity contribution >= 4 is 23.5 Å². The van der Waals surface area contributed by atoms with Crippen LogP contribution in [-0.2, 0) is 15.1 Å². The van der Waals surface area contributed by atoms with E-state index in [0.717, 1.165) is 10.5 Å². The van der Waals surface area contributed by atoms with E-state index in [1.165, 1.54) is 0 Å². The summed E-state index contributed by atoms with van der Waals surface area (Å²) < 4.78 is 10.6. The summed E-state index contributed by atoms with van der Waals surface area (Å²) in [4.78, 5) is 38.6. The van der Waals surface area contributed by atoms with Gasteiger partial charge in [0, 0.05) is 5.69 Å². The fourth-order valence-electron chi connectivity index (χ4n) is 3.22. The van der Waals surface area contributed by atoms with E-state index in [2.05, 4.69) is 10.6 Å². The van der Waals surface area contributed by atoms with Gasteiger partial charge in [-0.3, -0.25) is 14.5 Å². The molecule has 28 heavy (non-hydrogen) atoms. The summed E-state index contributed by atoms with van der Waals surface area (Å²) in [5, 5.41) is 5.36. The maximum Gasteiger partial charge on any atom is 0.325 e. The van der Waals surface area contributed by atoms with Crippen molar-refractivity contribution in [2.24, 2.45) is 0 Å². The molecule has 0 aliphatic carbocycles. The highest BCUT2D eigenvalue weighted by Gasteiger charge is 2.49. The molecule has 1 fully saturated rings. The Hall–Kier alpha value is -3.55. The molecule has 1 atom stereocenters. The van der Waals surface area contributed by atoms with Gasteiger partial charge in [-0.25, -0.2) is 4.79 Å². The van der Waals surface area contributed by atoms with Crippen LogP contribution in [0.2, 0.25) is 0 Å². The van der Waals surface area contributed by atoms with Crippen molar-refractivity contribution in [2.75, 3.05) is 18.7 Å². The molecule has 2 aromatic carbocycles. The Morgan fingerprint density at radius 1 is 1.14 bits per heavy atom. The fourth-order valence-corrected chi connectivity index (χ4v) is 3.22. The molecule has 8 nitrogen and oxygen atoms in total. The first-order valence-corrected chi connectivity index (χ1v) is 8.77. The average molecular weight is 381 g/mol. The second-order valence-corrected chi connectivity index (χ2v) is 6.93. The lowest BCUT2D eigenvalue weighted by atomic mass is 9.91. The van der Waals surface area contributed by atoms with Crippen LogP contribution in [0, 0.1) is 6.92 Å². The van der Waals surface area contributed by atoms with Crippen molar-refractivity contribution in [2.45, 2.75) is 19.4 Å². The molecule has 0 radical (unpaired) electrons. The molecular formula is C20H19N3O5. The molecule has 4 rings (SSSR count). The summed E-state index contributed by atoms with van der Waals surface area (Å²) in [5.41, 5.74) is 0.923. The van der Waals surface area contributed by atoms with Crippen LogP contribution in [0.25, 0.3) is 0 Å². The van der Waals surface area contributed by atoms with Gasteiger partial charge in [-0.2, -0.15) is 0 Å². The highest BCUT2D eigenvalue weighted by atomic mass is 16.7. The normalized spacial score (nSPS) is 20.3. The smallest absolute Gasteiger partial charge is 0.325 e. The fraction of sp³-hybridized carbons (Fsp3) is 0.250. The number of fused-ring (bicyclic) bond motifs is 1. The number of benzene rings is 2. The second kappa shape index (κ2) is 6.56. The maximum atomic E-state index is 13.0. The first-order chi connectivity index (χ1) is 13.4. The molecule has 0 unspecified atom stereocenters. The molecule has 0 spiro atoms. The zero-order chi connectivity index (χ0) is 19.9. The highest BCUT2D eigenvalue weighted by Crippen LogP contribution is 2.37. The van der Waals surface area contributed by atoms with Gasteiger partial charge in [0.2, 0.25) is 12.7 Å². The molecule has 144 valence electrons. The van der Waals surface area contributed by atoms with E-state index in [1.54, 1.807) is 37.3 Å². The quantitative estimate of drug-likeness (QED) is 0.791. The molecule has 2 aliphatic heterocycles. The van der Waals surface area contributed by atoms with Crippen LogP contribution >= 0.6 is 0 Å². The van der Waals surface area contributed by atoms with E-state index in [9.17, 15) is 14.4 Å². The third-order valence-electron chi connectivity index (χ3n) is 4.86. The number of carbonyl (C=O) groups is 3. The highest BCUT2D eigenvalue weighted by molar-refractivity contribution is 6.10. The molecule has 4 amide bonds. The molecule has 2 aromatic rings. The molecule has 2 aliphatic rings. The number of urea groups is 1. The van der Waals surface area contributed by atoms with E-state index in [4.69, 9.17) is 9.47 Å². The molecule has 2 N–H and O–H groups in total. The average Bonchev–Trinajstić information content (AvgIpc) is 3.22. The van der Waals surface area contributed by atoms with Gasteiger partial charge in [0.15, 0.2) is 11.5 Å². The van der Waals surface area contributed by atoms with Crippen LogP contribution in [0.1, 0.15) is 18.1 Å². The molecule has 8 heteroatoms. The molecule has 0 aromatic heterocycles. The first kappa shape index (κ1) is 17.8. The van der Waals surface area contributed by atoms with Crippen LogP contribution < -0.4 is 20.1 Å². The molecule has 0 saturated carbocycles. The lowest BCUT2D eigenvalue weighted by Crippen LogP contribution is -2.42. The first-order valence-electron chi connectivity index (χ1n) is 8.77. The monoisotopic (exact) mass is 381 g/mol. The van der Waals surface area contributed by atoms with Crippen LogP contribution in [-0.4, -0.2) is 36.1 Å². The van der Waals surface area contributed by atoms with Gasteiger partial charge in [-0.05, 0) is 43.7 Å². The van der Waals surface area contributed by atoms with Gasteiger partial charge in [0.25, 0.3) is 5.91 Å². The number of carbonyl (C=O) groups excluding carboxylic acids is 3. The zero-order valence-electron chi connectivity index (χ0n) is 15.4. The van der Waals surface area contributed by atoms with E-state index in [-0.39, 0.29) is 13.3 Å². The van der Waals surface area contributed by atoms with Crippen LogP contribution in [0.4, 0.5) is 10.5 Å². The predicted octanol–water partition coefficient (Wildman–Crippen LogP) is 2.13. The standard InChI is InChI=1S/C20H19N3O5/c1-12-3-6-14(7-4-12)21-17(24)10-23-18(25)20(2,22-19(23)26)13-5-8-15-16(9-13)28-11-27-15/h3-9H,10-11H2,1-2H3,(H,21,24)(H,22,26)/t20-/m1/s1. The second-order valence-electron chi connectivity index (χ2n) is 6.93. The summed E-state index contributed by atoms with van der Waals surface area (Å²) >= 11 is 0. The van der Waals surface area contributed by atoms with Crippen LogP contribution in [0.3, 0.4) is 0 Å². The predicted molar refractivity (Wildman–Crippen MR) is 100.0 cm³/mol. The van der Waals surface area contributed by atoms with Gasteiger partial charge in [0.05, 0.1) is 0 Å². The van der Waals surface area contributed by atoms with Crippen molar-refractivity contribution in [1.82, 2.24) is 10.2 Å². The number of anilines is 1. The summed E-state index contributed by atoms with van der Waals surface area (Å²) in [6.07, 6.45) is 0. The topological polar surface area (TPSA) is 97.0 Å². The number of imide groups is 1. The minimum absolute atomic E-state index is 0.112. The molecule has 0 bridgehead atoms. The minimum Gasteiger partial charge on any atom is -0.454 e. The lowest BCUT2D eigenvalue weighted by molar-refractivity contribution is -0.133. The Labute approximate surface area is 161 Å². The minimum atomic E-state index is -1.29. The number of ether oxygens (including phenoxy) is 2. The SMILES string of the molecule is Cc1ccc(NC(=O)CN2C(=O)N[C@](C)(c3ccc4c(c3)OCO4)C2=O)cc1. The number of aryl methyl sites for hydroxylation is 1. The zero-order valence-corrected chi connectivity index (χ0v) is 15.4. The van der Waals surface area contributed by atoms with E-state index in [0.29, 0.717) is 22.7 Å². The maximum absolute atomic E-state index is 13.0. The number of nitrogens with zero attached hydrogens (tertiary/aromatic N) is 1. The Morgan fingerprint density at radius 3 is 2.61 bits per heavy atom. The van der Waals surface area contributed by atoms with Crippen LogP contribution in [0.5, 0.6) is 11.5 Å². The van der Waals surface area contributed by atoms with Gasteiger partial charge >= 0.3 is 6.03 Å². The third-order valence-corrected chi connectivity index (χ3v) is 4.86. The largest absolute Gasteiger partial charge is 0.454 e. The van der Waals surface area contributed by atoms with Crippen molar-refractivity contribution in [1.29, 1.82) is 0 Å². The Bertz CT molecular complexity index is 972. The number of hydrogen-bond donors (Lipinski definition) is 2. The van der Waals surface area contributed by atoms with Gasteiger partial charge in [-0.15, -0.1) is 0 Å². The third kappa shape index (κ3) is 3.02. The number of hydrogen-bond acceptors (Lipinski definition) is 5. The number of nitrogens with one attached hydrogen (secondary N) is 2. The summed E-state index contributed by atoms with van der Waals surface area (Å²) in [5.74, 6) is 0.132. The summed E-state index contributed by atoms with van der Waals surface area (Å²) in [6.45, 7) is 3.28. The summed E-state index contributed by atoms with van der Waals surface area (Å²) in [7, 11) is 0. The molecule has 1 saturated heterocycles. The molecular weight excluding hydrogens is 362 g/mol. The van der Waals surface area contributed by atoms with E-state index in [1.807, 2.05) is 19.1 Å². The molecule has 2 heterocycles. The van der Waals surface area contributed by atoms with Crippen molar-refractivity contribution in [3.05, 3.63) is 53.6 Å². The Kier molecular flexibility index (Phi) is 4.18. The van der Waals surface area contributed by atoms with Crippen molar-refractivity contribution < 1.29 is 23.9 Å². The van der Waals surface area contributed by atoms with E-state index >= 15 is 0 Å². The van der Waals surface area contributed by atoms with Crippen LogP contribution in [0.15, 0.2) is 42.5 Å². The number of rotatable bonds is 4. The van der Waals surface area contributed by atoms with Crippen molar-refractivity contribution in [3.8, 4) is 11.5 Å². The van der Waals surface area contributed by atoms with Gasteiger partial charge in [0.1, 0.15) is 12.1 Å². The van der Waals surface area contributed by atoms with Gasteiger partial charge in [-0.1, -0.05) is 23.8 Å². The summed E-state index contributed by atoms with van der Waals surface area (Å²) in [6, 6.07) is 11.7. The number of amides is 4. The lowest BCUT2D eigenvalue weighted by Gasteiger charge is -2.22. The van der Waals surface area contributed by atoms with Crippen molar-refractivity contribution in [3.63, 3.8) is 0 Å². The van der Waals surface area contributed by atoms with E-state index < -0.39 is 23.4 Å². The Morgan fingerprint density at radius 2 is 1.86 bits per heavy atom.